The first-order valence-corrected chi connectivity index (χ1v) is 4.50. The lowest BCUT2D eigenvalue weighted by atomic mass is 10.2. The van der Waals surface area contributed by atoms with E-state index in [1.54, 1.807) is 0 Å². The van der Waals surface area contributed by atoms with Gasteiger partial charge in [0.05, 0.1) is 13.2 Å². The van der Waals surface area contributed by atoms with Crippen LogP contribution in [-0.4, -0.2) is 23.7 Å². The lowest BCUT2D eigenvalue weighted by Gasteiger charge is -2.08. The molecular weight excluding hydrogens is 220 g/mol. The lowest BCUT2D eigenvalue weighted by Crippen LogP contribution is -2.34. The topological polar surface area (TPSA) is 72.5 Å². The molecule has 0 bridgehead atoms. The van der Waals surface area contributed by atoms with Gasteiger partial charge in [0.15, 0.2) is 0 Å². The highest BCUT2D eigenvalue weighted by atomic mass is 19.1. The van der Waals surface area contributed by atoms with Gasteiger partial charge in [-0.15, -0.1) is 0 Å². The second kappa shape index (κ2) is 5.53. The summed E-state index contributed by atoms with van der Waals surface area (Å²) >= 11 is 0. The van der Waals surface area contributed by atoms with Gasteiger partial charge in [-0.25, -0.2) is 8.78 Å². The molecule has 1 atom stereocenters. The van der Waals surface area contributed by atoms with Crippen molar-refractivity contribution in [2.24, 2.45) is 5.73 Å². The summed E-state index contributed by atoms with van der Waals surface area (Å²) in [5.74, 6) is -2.60. The Morgan fingerprint density at radius 1 is 1.50 bits per heavy atom. The molecule has 0 aromatic heterocycles. The third-order valence-corrected chi connectivity index (χ3v) is 1.89. The van der Waals surface area contributed by atoms with E-state index >= 15 is 0 Å². The van der Waals surface area contributed by atoms with Gasteiger partial charge in [-0.3, -0.25) is 4.79 Å². The number of hydrogen-bond acceptors (Lipinski definition) is 3. The Morgan fingerprint density at radius 3 is 2.75 bits per heavy atom. The van der Waals surface area contributed by atoms with E-state index in [-0.39, 0.29) is 18.8 Å². The van der Waals surface area contributed by atoms with E-state index < -0.39 is 23.6 Å². The van der Waals surface area contributed by atoms with E-state index in [1.807, 2.05) is 0 Å². The summed E-state index contributed by atoms with van der Waals surface area (Å²) in [6.07, 6.45) is 0. The summed E-state index contributed by atoms with van der Waals surface area (Å²) < 4.78 is 30.5. The molecular formula is C10H11F2NO3. The molecule has 6 heteroatoms. The van der Waals surface area contributed by atoms with Crippen molar-refractivity contribution in [2.75, 3.05) is 6.61 Å². The average molecular weight is 231 g/mol. The molecule has 1 rings (SSSR count). The zero-order valence-corrected chi connectivity index (χ0v) is 8.32. The fourth-order valence-electron chi connectivity index (χ4n) is 1.01. The Bertz CT molecular complexity index is 384. The first-order chi connectivity index (χ1) is 7.50. The van der Waals surface area contributed by atoms with Crippen LogP contribution in [0.2, 0.25) is 0 Å². The second-order valence-electron chi connectivity index (χ2n) is 3.20. The number of halogens is 2. The molecule has 0 saturated carbocycles. The van der Waals surface area contributed by atoms with Crippen molar-refractivity contribution in [3.05, 3.63) is 35.4 Å². The van der Waals surface area contributed by atoms with E-state index in [4.69, 9.17) is 15.6 Å². The van der Waals surface area contributed by atoms with Crippen LogP contribution >= 0.6 is 0 Å². The van der Waals surface area contributed by atoms with Crippen molar-refractivity contribution in [3.8, 4) is 0 Å². The SMILES string of the molecule is NC(COCc1ccc(F)cc1F)C(=O)O. The average Bonchev–Trinajstić information content (AvgIpc) is 2.20. The van der Waals surface area contributed by atoms with Crippen LogP contribution in [0.15, 0.2) is 18.2 Å². The Balaban J connectivity index is 2.46. The summed E-state index contributed by atoms with van der Waals surface area (Å²) in [5, 5.41) is 8.44. The van der Waals surface area contributed by atoms with Gasteiger partial charge in [0.2, 0.25) is 0 Å². The summed E-state index contributed by atoms with van der Waals surface area (Å²) in [6.45, 7) is -0.376. The summed E-state index contributed by atoms with van der Waals surface area (Å²) in [4.78, 5) is 10.3. The smallest absolute Gasteiger partial charge is 0.322 e. The number of benzene rings is 1. The van der Waals surface area contributed by atoms with Crippen LogP contribution in [0.1, 0.15) is 5.56 Å². The predicted octanol–water partition coefficient (Wildman–Crippen LogP) is 0.893. The molecule has 88 valence electrons. The fourth-order valence-corrected chi connectivity index (χ4v) is 1.01. The van der Waals surface area contributed by atoms with Crippen molar-refractivity contribution in [2.45, 2.75) is 12.6 Å². The molecule has 1 aromatic carbocycles. The number of carbonyl (C=O) groups is 1. The number of hydrogen-bond donors (Lipinski definition) is 2. The minimum Gasteiger partial charge on any atom is -0.480 e. The van der Waals surface area contributed by atoms with Crippen molar-refractivity contribution in [3.63, 3.8) is 0 Å². The van der Waals surface area contributed by atoms with Crippen molar-refractivity contribution >= 4 is 5.97 Å². The zero-order chi connectivity index (χ0) is 12.1. The van der Waals surface area contributed by atoms with Gasteiger partial charge >= 0.3 is 5.97 Å². The van der Waals surface area contributed by atoms with Gasteiger partial charge in [-0.2, -0.15) is 0 Å². The van der Waals surface area contributed by atoms with Gasteiger partial charge in [0, 0.05) is 11.6 Å². The quantitative estimate of drug-likeness (QED) is 0.789. The molecule has 1 unspecified atom stereocenters. The molecule has 0 radical (unpaired) electrons. The minimum absolute atomic E-state index is 0.146. The van der Waals surface area contributed by atoms with Gasteiger partial charge in [0.1, 0.15) is 17.7 Å². The molecule has 0 amide bonds. The van der Waals surface area contributed by atoms with E-state index in [1.165, 1.54) is 6.07 Å². The van der Waals surface area contributed by atoms with Crippen LogP contribution in [0.5, 0.6) is 0 Å². The number of carboxylic acids is 1. The molecule has 0 aliphatic carbocycles. The van der Waals surface area contributed by atoms with Gasteiger partial charge in [-0.05, 0) is 6.07 Å². The molecule has 0 aliphatic heterocycles. The van der Waals surface area contributed by atoms with E-state index in [0.29, 0.717) is 0 Å². The molecule has 16 heavy (non-hydrogen) atoms. The Hall–Kier alpha value is -1.53. The van der Waals surface area contributed by atoms with E-state index in [2.05, 4.69) is 0 Å². The molecule has 0 fully saturated rings. The highest BCUT2D eigenvalue weighted by Crippen LogP contribution is 2.10. The van der Waals surface area contributed by atoms with Crippen LogP contribution < -0.4 is 5.73 Å². The third kappa shape index (κ3) is 3.56. The maximum absolute atomic E-state index is 13.1. The highest BCUT2D eigenvalue weighted by Gasteiger charge is 2.11. The molecule has 1 aromatic rings. The van der Waals surface area contributed by atoms with Crippen LogP contribution in [0, 0.1) is 11.6 Å². The number of carboxylic acid groups (broad SMARTS) is 1. The number of aliphatic carboxylic acids is 1. The number of ether oxygens (including phenoxy) is 1. The summed E-state index contributed by atoms with van der Waals surface area (Å²) in [6, 6.07) is 1.91. The molecule has 3 N–H and O–H groups in total. The van der Waals surface area contributed by atoms with E-state index in [9.17, 15) is 13.6 Å². The maximum Gasteiger partial charge on any atom is 0.322 e. The summed E-state index contributed by atoms with van der Waals surface area (Å²) in [7, 11) is 0. The van der Waals surface area contributed by atoms with Crippen molar-refractivity contribution in [1.29, 1.82) is 0 Å². The maximum atomic E-state index is 13.1. The zero-order valence-electron chi connectivity index (χ0n) is 8.32. The van der Waals surface area contributed by atoms with Gasteiger partial charge < -0.3 is 15.6 Å². The Labute approximate surface area is 90.6 Å². The largest absolute Gasteiger partial charge is 0.480 e. The molecule has 0 spiro atoms. The van der Waals surface area contributed by atoms with E-state index in [0.717, 1.165) is 12.1 Å². The standard InChI is InChI=1S/C10H11F2NO3/c11-7-2-1-6(8(12)3-7)4-16-5-9(13)10(14)15/h1-3,9H,4-5,13H2,(H,14,15). The predicted molar refractivity (Wildman–Crippen MR) is 51.6 cm³/mol. The van der Waals surface area contributed by atoms with Gasteiger partial charge in [0.25, 0.3) is 0 Å². The second-order valence-corrected chi connectivity index (χ2v) is 3.20. The van der Waals surface area contributed by atoms with Crippen molar-refractivity contribution in [1.82, 2.24) is 0 Å². The first-order valence-electron chi connectivity index (χ1n) is 4.50. The third-order valence-electron chi connectivity index (χ3n) is 1.89. The highest BCUT2D eigenvalue weighted by molar-refractivity contribution is 5.73. The molecule has 0 saturated heterocycles. The Morgan fingerprint density at radius 2 is 2.19 bits per heavy atom. The van der Waals surface area contributed by atoms with Crippen LogP contribution in [0.4, 0.5) is 8.78 Å². The minimum atomic E-state index is -1.19. The number of rotatable bonds is 5. The Kier molecular flexibility index (Phi) is 4.33. The van der Waals surface area contributed by atoms with Crippen LogP contribution in [0.3, 0.4) is 0 Å². The fraction of sp³-hybridized carbons (Fsp3) is 0.300. The molecule has 4 nitrogen and oxygen atoms in total. The monoisotopic (exact) mass is 231 g/mol. The summed E-state index contributed by atoms with van der Waals surface area (Å²) in [5.41, 5.74) is 5.32. The lowest BCUT2D eigenvalue weighted by molar-refractivity contribution is -0.140. The molecule has 0 aliphatic rings. The van der Waals surface area contributed by atoms with Crippen molar-refractivity contribution < 1.29 is 23.4 Å². The molecule has 0 heterocycles. The number of nitrogens with two attached hydrogens (primary N) is 1. The van der Waals surface area contributed by atoms with Crippen LogP contribution in [-0.2, 0) is 16.1 Å². The van der Waals surface area contributed by atoms with Crippen LogP contribution in [0.25, 0.3) is 0 Å². The first kappa shape index (κ1) is 12.5. The normalized spacial score (nSPS) is 12.4. The van der Waals surface area contributed by atoms with Gasteiger partial charge in [-0.1, -0.05) is 6.07 Å².